The lowest BCUT2D eigenvalue weighted by atomic mass is 10.2. The first-order valence-electron chi connectivity index (χ1n) is 6.36. The van der Waals surface area contributed by atoms with Gasteiger partial charge in [0.1, 0.15) is 5.82 Å². The van der Waals surface area contributed by atoms with Crippen LogP contribution in [0.4, 0.5) is 4.39 Å². The van der Waals surface area contributed by atoms with E-state index in [0.717, 1.165) is 18.5 Å². The van der Waals surface area contributed by atoms with Crippen LogP contribution < -0.4 is 5.32 Å². The molecule has 0 amide bonds. The number of thioether (sulfide) groups is 1. The van der Waals surface area contributed by atoms with Gasteiger partial charge in [-0.3, -0.25) is 4.79 Å². The zero-order valence-electron chi connectivity index (χ0n) is 11.4. The summed E-state index contributed by atoms with van der Waals surface area (Å²) in [7, 11) is 1.35. The van der Waals surface area contributed by atoms with Gasteiger partial charge in [-0.05, 0) is 30.7 Å². The molecule has 0 saturated carbocycles. The summed E-state index contributed by atoms with van der Waals surface area (Å²) in [6, 6.07) is 5.22. The van der Waals surface area contributed by atoms with Crippen molar-refractivity contribution in [3.8, 4) is 0 Å². The summed E-state index contributed by atoms with van der Waals surface area (Å²) >= 11 is 1.33. The van der Waals surface area contributed by atoms with E-state index in [1.807, 2.05) is 6.07 Å². The third-order valence-electron chi connectivity index (χ3n) is 2.54. The second kappa shape index (κ2) is 8.93. The Balaban J connectivity index is 2.45. The van der Waals surface area contributed by atoms with E-state index < -0.39 is 0 Å². The van der Waals surface area contributed by atoms with Gasteiger partial charge in [-0.25, -0.2) is 4.39 Å². The van der Waals surface area contributed by atoms with E-state index in [-0.39, 0.29) is 11.8 Å². The minimum atomic E-state index is -0.270. The molecule has 5 heteroatoms. The monoisotopic (exact) mass is 285 g/mol. The molecule has 0 heterocycles. The lowest BCUT2D eigenvalue weighted by Gasteiger charge is -2.07. The van der Waals surface area contributed by atoms with Gasteiger partial charge in [0, 0.05) is 17.2 Å². The smallest absolute Gasteiger partial charge is 0.306 e. The van der Waals surface area contributed by atoms with Gasteiger partial charge < -0.3 is 10.1 Å². The fraction of sp³-hybridized carbons (Fsp3) is 0.500. The molecule has 0 radical (unpaired) electrons. The zero-order chi connectivity index (χ0) is 14.1. The summed E-state index contributed by atoms with van der Waals surface area (Å²) < 4.78 is 18.3. The highest BCUT2D eigenvalue weighted by molar-refractivity contribution is 7.99. The van der Waals surface area contributed by atoms with Crippen LogP contribution in [-0.2, 0) is 16.1 Å². The SMILES string of the molecule is CCCNCc1ccc(SCCC(=O)OC)c(F)c1. The van der Waals surface area contributed by atoms with Crippen LogP contribution in [0.15, 0.2) is 23.1 Å². The largest absolute Gasteiger partial charge is 0.469 e. The topological polar surface area (TPSA) is 38.3 Å². The average Bonchev–Trinajstić information content (AvgIpc) is 2.41. The van der Waals surface area contributed by atoms with Crippen molar-refractivity contribution in [2.45, 2.75) is 31.2 Å². The third kappa shape index (κ3) is 6.07. The third-order valence-corrected chi connectivity index (χ3v) is 3.59. The summed E-state index contributed by atoms with van der Waals surface area (Å²) in [6.45, 7) is 3.70. The molecule has 0 saturated heterocycles. The second-order valence-corrected chi connectivity index (χ2v) is 5.25. The number of hydrogen-bond acceptors (Lipinski definition) is 4. The Morgan fingerprint density at radius 2 is 2.26 bits per heavy atom. The molecular weight excluding hydrogens is 265 g/mol. The molecule has 19 heavy (non-hydrogen) atoms. The molecule has 1 aromatic carbocycles. The molecule has 0 unspecified atom stereocenters. The number of rotatable bonds is 8. The van der Waals surface area contributed by atoms with Crippen molar-refractivity contribution >= 4 is 17.7 Å². The van der Waals surface area contributed by atoms with Crippen molar-refractivity contribution in [3.63, 3.8) is 0 Å². The van der Waals surface area contributed by atoms with Crippen LogP contribution in [0.5, 0.6) is 0 Å². The molecular formula is C14H20FNO2S. The molecule has 1 rings (SSSR count). The maximum atomic E-state index is 13.8. The lowest BCUT2D eigenvalue weighted by molar-refractivity contribution is -0.140. The molecule has 0 spiro atoms. The lowest BCUT2D eigenvalue weighted by Crippen LogP contribution is -2.13. The van der Waals surface area contributed by atoms with Crippen LogP contribution in [-0.4, -0.2) is 25.4 Å². The summed E-state index contributed by atoms with van der Waals surface area (Å²) in [5.74, 6) is 0.0239. The molecule has 106 valence electrons. The van der Waals surface area contributed by atoms with Crippen molar-refractivity contribution in [2.24, 2.45) is 0 Å². The number of carbonyl (C=O) groups is 1. The molecule has 0 atom stereocenters. The van der Waals surface area contributed by atoms with Gasteiger partial charge in [0.2, 0.25) is 0 Å². The molecule has 0 aromatic heterocycles. The fourth-order valence-corrected chi connectivity index (χ4v) is 2.38. The Labute approximate surface area is 117 Å². The van der Waals surface area contributed by atoms with Crippen LogP contribution in [0.1, 0.15) is 25.3 Å². The Kier molecular flexibility index (Phi) is 7.52. The molecule has 0 aliphatic rings. The first-order chi connectivity index (χ1) is 9.17. The van der Waals surface area contributed by atoms with Gasteiger partial charge in [-0.15, -0.1) is 11.8 Å². The number of halogens is 1. The Morgan fingerprint density at radius 3 is 2.89 bits per heavy atom. The molecule has 1 N–H and O–H groups in total. The number of methoxy groups -OCH3 is 1. The van der Waals surface area contributed by atoms with E-state index in [1.54, 1.807) is 12.1 Å². The van der Waals surface area contributed by atoms with E-state index in [0.29, 0.717) is 23.6 Å². The molecule has 0 aliphatic carbocycles. The number of carbonyl (C=O) groups excluding carboxylic acids is 1. The van der Waals surface area contributed by atoms with E-state index in [1.165, 1.54) is 18.9 Å². The summed E-state index contributed by atoms with van der Waals surface area (Å²) in [4.78, 5) is 11.5. The van der Waals surface area contributed by atoms with Crippen molar-refractivity contribution < 1.29 is 13.9 Å². The maximum Gasteiger partial charge on any atom is 0.306 e. The number of ether oxygens (including phenoxy) is 1. The minimum absolute atomic E-state index is 0.231. The van der Waals surface area contributed by atoms with Gasteiger partial charge in [0.05, 0.1) is 13.5 Å². The van der Waals surface area contributed by atoms with Crippen molar-refractivity contribution in [1.82, 2.24) is 5.32 Å². The van der Waals surface area contributed by atoms with Crippen LogP contribution in [0.3, 0.4) is 0 Å². The number of nitrogens with one attached hydrogen (secondary N) is 1. The predicted molar refractivity (Wildman–Crippen MR) is 75.8 cm³/mol. The second-order valence-electron chi connectivity index (χ2n) is 4.12. The minimum Gasteiger partial charge on any atom is -0.469 e. The molecule has 3 nitrogen and oxygen atoms in total. The van der Waals surface area contributed by atoms with Gasteiger partial charge in [-0.2, -0.15) is 0 Å². The van der Waals surface area contributed by atoms with E-state index >= 15 is 0 Å². The van der Waals surface area contributed by atoms with Gasteiger partial charge in [0.25, 0.3) is 0 Å². The first kappa shape index (κ1) is 16.0. The van der Waals surface area contributed by atoms with E-state index in [2.05, 4.69) is 17.0 Å². The van der Waals surface area contributed by atoms with Gasteiger partial charge >= 0.3 is 5.97 Å². The highest BCUT2D eigenvalue weighted by Gasteiger charge is 2.06. The quantitative estimate of drug-likeness (QED) is 0.453. The molecule has 0 bridgehead atoms. The highest BCUT2D eigenvalue weighted by atomic mass is 32.2. The normalized spacial score (nSPS) is 10.5. The van der Waals surface area contributed by atoms with Gasteiger partial charge in [-0.1, -0.05) is 13.0 Å². The number of esters is 1. The van der Waals surface area contributed by atoms with E-state index in [9.17, 15) is 9.18 Å². The Hall–Kier alpha value is -1.07. The van der Waals surface area contributed by atoms with Crippen LogP contribution in [0.25, 0.3) is 0 Å². The maximum absolute atomic E-state index is 13.8. The van der Waals surface area contributed by atoms with Crippen LogP contribution in [0.2, 0.25) is 0 Å². The predicted octanol–water partition coefficient (Wildman–Crippen LogP) is 2.98. The number of benzene rings is 1. The Bertz CT molecular complexity index is 412. The number of hydrogen-bond donors (Lipinski definition) is 1. The van der Waals surface area contributed by atoms with Crippen LogP contribution >= 0.6 is 11.8 Å². The standard InChI is InChI=1S/C14H20FNO2S/c1-3-7-16-10-11-4-5-13(12(15)9-11)19-8-6-14(17)18-2/h4-5,9,16H,3,6-8,10H2,1-2H3. The molecule has 0 aliphatic heterocycles. The van der Waals surface area contributed by atoms with Crippen LogP contribution in [0, 0.1) is 5.82 Å². The first-order valence-corrected chi connectivity index (χ1v) is 7.34. The average molecular weight is 285 g/mol. The zero-order valence-corrected chi connectivity index (χ0v) is 12.2. The fourth-order valence-electron chi connectivity index (χ4n) is 1.53. The van der Waals surface area contributed by atoms with Crippen molar-refractivity contribution in [2.75, 3.05) is 19.4 Å². The summed E-state index contributed by atoms with van der Waals surface area (Å²) in [5.41, 5.74) is 0.934. The van der Waals surface area contributed by atoms with E-state index in [4.69, 9.17) is 0 Å². The molecule has 1 aromatic rings. The summed E-state index contributed by atoms with van der Waals surface area (Å²) in [6.07, 6.45) is 1.35. The molecule has 0 fully saturated rings. The highest BCUT2D eigenvalue weighted by Crippen LogP contribution is 2.23. The van der Waals surface area contributed by atoms with Crippen molar-refractivity contribution in [3.05, 3.63) is 29.6 Å². The Morgan fingerprint density at radius 1 is 1.47 bits per heavy atom. The van der Waals surface area contributed by atoms with Crippen molar-refractivity contribution in [1.29, 1.82) is 0 Å². The van der Waals surface area contributed by atoms with Gasteiger partial charge in [0.15, 0.2) is 0 Å². The summed E-state index contributed by atoms with van der Waals surface area (Å²) in [5, 5.41) is 3.23.